The van der Waals surface area contributed by atoms with Gasteiger partial charge >= 0.3 is 0 Å². The Hall–Kier alpha value is -1.51. The maximum Gasteiger partial charge on any atom is 0.198 e. The second-order valence-electron chi connectivity index (χ2n) is 5.28. The highest BCUT2D eigenvalue weighted by molar-refractivity contribution is 5.77. The summed E-state index contributed by atoms with van der Waals surface area (Å²) in [5.41, 5.74) is 2.92. The van der Waals surface area contributed by atoms with Gasteiger partial charge in [-0.05, 0) is 24.1 Å². The van der Waals surface area contributed by atoms with E-state index in [1.165, 1.54) is 6.42 Å². The molecule has 0 aliphatic heterocycles. The van der Waals surface area contributed by atoms with Gasteiger partial charge in [0, 0.05) is 18.2 Å². The monoisotopic (exact) mass is 246 g/mol. The summed E-state index contributed by atoms with van der Waals surface area (Å²) in [6.45, 7) is 9.64. The average molecular weight is 246 g/mol. The SMILES string of the molecule is CCC(C)CNc1ccc2oc(C(C)C)nc2c1. The lowest BCUT2D eigenvalue weighted by Gasteiger charge is -2.10. The lowest BCUT2D eigenvalue weighted by molar-refractivity contribution is 0.501. The van der Waals surface area contributed by atoms with Gasteiger partial charge in [0.05, 0.1) is 0 Å². The van der Waals surface area contributed by atoms with Crippen molar-refractivity contribution in [3.63, 3.8) is 0 Å². The lowest BCUT2D eigenvalue weighted by atomic mass is 10.1. The highest BCUT2D eigenvalue weighted by Gasteiger charge is 2.09. The summed E-state index contributed by atoms with van der Waals surface area (Å²) >= 11 is 0. The zero-order valence-electron chi connectivity index (χ0n) is 11.7. The molecule has 18 heavy (non-hydrogen) atoms. The number of nitrogens with zero attached hydrogens (tertiary/aromatic N) is 1. The van der Waals surface area contributed by atoms with Gasteiger partial charge in [0.1, 0.15) is 5.52 Å². The first-order valence-electron chi connectivity index (χ1n) is 6.74. The summed E-state index contributed by atoms with van der Waals surface area (Å²) in [6.07, 6.45) is 1.19. The smallest absolute Gasteiger partial charge is 0.198 e. The van der Waals surface area contributed by atoms with Gasteiger partial charge in [-0.3, -0.25) is 0 Å². The fourth-order valence-corrected chi connectivity index (χ4v) is 1.74. The maximum atomic E-state index is 5.69. The zero-order valence-corrected chi connectivity index (χ0v) is 11.7. The van der Waals surface area contributed by atoms with Gasteiger partial charge in [-0.25, -0.2) is 4.98 Å². The molecule has 0 amide bonds. The first-order chi connectivity index (χ1) is 8.60. The number of aromatic nitrogens is 1. The van der Waals surface area contributed by atoms with Gasteiger partial charge in [-0.2, -0.15) is 0 Å². The van der Waals surface area contributed by atoms with E-state index in [1.807, 2.05) is 6.07 Å². The van der Waals surface area contributed by atoms with Gasteiger partial charge in [0.15, 0.2) is 11.5 Å². The van der Waals surface area contributed by atoms with Crippen LogP contribution in [0.4, 0.5) is 5.69 Å². The van der Waals surface area contributed by atoms with Gasteiger partial charge < -0.3 is 9.73 Å². The van der Waals surface area contributed by atoms with Crippen molar-refractivity contribution < 1.29 is 4.42 Å². The Morgan fingerprint density at radius 1 is 1.28 bits per heavy atom. The second-order valence-corrected chi connectivity index (χ2v) is 5.28. The summed E-state index contributed by atoms with van der Waals surface area (Å²) in [6, 6.07) is 6.11. The van der Waals surface area contributed by atoms with Crippen LogP contribution < -0.4 is 5.32 Å². The van der Waals surface area contributed by atoms with Gasteiger partial charge in [-0.1, -0.05) is 34.1 Å². The van der Waals surface area contributed by atoms with Crippen LogP contribution in [0, 0.1) is 5.92 Å². The van der Waals surface area contributed by atoms with Crippen molar-refractivity contribution in [1.82, 2.24) is 4.98 Å². The molecule has 0 aliphatic carbocycles. The Balaban J connectivity index is 2.16. The molecule has 0 fully saturated rings. The molecule has 1 aromatic heterocycles. The molecule has 1 aromatic carbocycles. The Morgan fingerprint density at radius 3 is 2.72 bits per heavy atom. The molecular formula is C15H22N2O. The summed E-state index contributed by atoms with van der Waals surface area (Å²) in [5, 5.41) is 3.44. The summed E-state index contributed by atoms with van der Waals surface area (Å²) in [5.74, 6) is 1.82. The molecule has 0 radical (unpaired) electrons. The first kappa shape index (κ1) is 12.9. The topological polar surface area (TPSA) is 38.1 Å². The van der Waals surface area contributed by atoms with Crippen LogP contribution in [0.15, 0.2) is 22.6 Å². The molecule has 2 rings (SSSR count). The molecule has 0 bridgehead atoms. The number of hydrogen-bond donors (Lipinski definition) is 1. The first-order valence-corrected chi connectivity index (χ1v) is 6.74. The predicted octanol–water partition coefficient (Wildman–Crippen LogP) is 4.41. The molecule has 1 unspecified atom stereocenters. The van der Waals surface area contributed by atoms with Gasteiger partial charge in [0.2, 0.25) is 0 Å². The minimum atomic E-state index is 0.328. The summed E-state index contributed by atoms with van der Waals surface area (Å²) in [7, 11) is 0. The number of benzene rings is 1. The summed E-state index contributed by atoms with van der Waals surface area (Å²) < 4.78 is 5.69. The van der Waals surface area contributed by atoms with E-state index in [9.17, 15) is 0 Å². The predicted molar refractivity (Wildman–Crippen MR) is 76.0 cm³/mol. The van der Waals surface area contributed by atoms with Crippen molar-refractivity contribution >= 4 is 16.8 Å². The molecule has 0 saturated carbocycles. The molecule has 98 valence electrons. The molecule has 1 heterocycles. The van der Waals surface area contributed by atoms with Crippen LogP contribution in [-0.4, -0.2) is 11.5 Å². The van der Waals surface area contributed by atoms with E-state index in [1.54, 1.807) is 0 Å². The number of fused-ring (bicyclic) bond motifs is 1. The van der Waals surface area contributed by atoms with Crippen LogP contribution in [0.2, 0.25) is 0 Å². The fraction of sp³-hybridized carbons (Fsp3) is 0.533. The Kier molecular flexibility index (Phi) is 3.90. The molecule has 2 aromatic rings. The fourth-order valence-electron chi connectivity index (χ4n) is 1.74. The highest BCUT2D eigenvalue weighted by atomic mass is 16.3. The Morgan fingerprint density at radius 2 is 2.06 bits per heavy atom. The minimum absolute atomic E-state index is 0.328. The zero-order chi connectivity index (χ0) is 13.1. The Bertz CT molecular complexity index is 516. The average Bonchev–Trinajstić information content (AvgIpc) is 2.79. The second kappa shape index (κ2) is 5.42. The van der Waals surface area contributed by atoms with Crippen LogP contribution in [0.5, 0.6) is 0 Å². The number of rotatable bonds is 5. The molecule has 1 N–H and O–H groups in total. The molecule has 0 spiro atoms. The van der Waals surface area contributed by atoms with Crippen molar-refractivity contribution in [2.24, 2.45) is 5.92 Å². The lowest BCUT2D eigenvalue weighted by Crippen LogP contribution is -2.09. The van der Waals surface area contributed by atoms with E-state index < -0.39 is 0 Å². The third-order valence-corrected chi connectivity index (χ3v) is 3.25. The number of oxazole rings is 1. The van der Waals surface area contributed by atoms with Crippen LogP contribution >= 0.6 is 0 Å². The summed E-state index contributed by atoms with van der Waals surface area (Å²) in [4.78, 5) is 4.51. The van der Waals surface area contributed by atoms with E-state index in [2.05, 4.69) is 50.1 Å². The Labute approximate surface area is 109 Å². The van der Waals surface area contributed by atoms with Crippen LogP contribution in [-0.2, 0) is 0 Å². The molecular weight excluding hydrogens is 224 g/mol. The van der Waals surface area contributed by atoms with Gasteiger partial charge in [-0.15, -0.1) is 0 Å². The number of hydrogen-bond acceptors (Lipinski definition) is 3. The van der Waals surface area contributed by atoms with Crippen molar-refractivity contribution in [2.45, 2.75) is 40.0 Å². The normalized spacial score (nSPS) is 13.2. The van der Waals surface area contributed by atoms with E-state index >= 15 is 0 Å². The minimum Gasteiger partial charge on any atom is -0.440 e. The molecule has 0 aliphatic rings. The molecule has 3 nitrogen and oxygen atoms in total. The molecule has 0 saturated heterocycles. The molecule has 3 heteroatoms. The van der Waals surface area contributed by atoms with Crippen molar-refractivity contribution in [3.05, 3.63) is 24.1 Å². The third-order valence-electron chi connectivity index (χ3n) is 3.25. The van der Waals surface area contributed by atoms with Crippen LogP contribution in [0.1, 0.15) is 45.9 Å². The third kappa shape index (κ3) is 2.84. The number of anilines is 1. The van der Waals surface area contributed by atoms with Gasteiger partial charge in [0.25, 0.3) is 0 Å². The largest absolute Gasteiger partial charge is 0.440 e. The van der Waals surface area contributed by atoms with E-state index in [-0.39, 0.29) is 0 Å². The maximum absolute atomic E-state index is 5.69. The standard InChI is InChI=1S/C15H22N2O/c1-5-11(4)9-16-12-6-7-14-13(8-12)17-15(18-14)10(2)3/h6-8,10-11,16H,5,9H2,1-4H3. The van der Waals surface area contributed by atoms with E-state index in [0.29, 0.717) is 11.8 Å². The highest BCUT2D eigenvalue weighted by Crippen LogP contribution is 2.23. The van der Waals surface area contributed by atoms with E-state index in [4.69, 9.17) is 4.42 Å². The number of nitrogens with one attached hydrogen (secondary N) is 1. The van der Waals surface area contributed by atoms with Crippen LogP contribution in [0.25, 0.3) is 11.1 Å². The van der Waals surface area contributed by atoms with Crippen molar-refractivity contribution in [3.8, 4) is 0 Å². The van der Waals surface area contributed by atoms with Crippen LogP contribution in [0.3, 0.4) is 0 Å². The molecule has 1 atom stereocenters. The van der Waals surface area contributed by atoms with Crippen molar-refractivity contribution in [2.75, 3.05) is 11.9 Å². The quantitative estimate of drug-likeness (QED) is 0.849. The van der Waals surface area contributed by atoms with Crippen molar-refractivity contribution in [1.29, 1.82) is 0 Å². The van der Waals surface area contributed by atoms with E-state index in [0.717, 1.165) is 29.2 Å².